The van der Waals surface area contributed by atoms with E-state index in [0.29, 0.717) is 10.8 Å². The molecule has 0 bridgehead atoms. The van der Waals surface area contributed by atoms with Gasteiger partial charge in [-0.1, -0.05) is 11.3 Å². The Labute approximate surface area is 127 Å². The van der Waals surface area contributed by atoms with E-state index in [-0.39, 0.29) is 18.1 Å². The van der Waals surface area contributed by atoms with Crippen molar-refractivity contribution in [2.45, 2.75) is 25.5 Å². The first kappa shape index (κ1) is 15.7. The number of nitrogens with one attached hydrogen (secondary N) is 1. The molecular weight excluding hydrogens is 310 g/mol. The third-order valence-electron chi connectivity index (χ3n) is 2.99. The van der Waals surface area contributed by atoms with Crippen LogP contribution in [0.5, 0.6) is 0 Å². The van der Waals surface area contributed by atoms with Crippen molar-refractivity contribution in [1.82, 2.24) is 4.98 Å². The molecule has 0 saturated heterocycles. The van der Waals surface area contributed by atoms with Gasteiger partial charge in [-0.15, -0.1) is 0 Å². The van der Waals surface area contributed by atoms with Crippen LogP contribution in [-0.2, 0) is 14.6 Å². The van der Waals surface area contributed by atoms with Gasteiger partial charge in [-0.05, 0) is 32.0 Å². The lowest BCUT2D eigenvalue weighted by Crippen LogP contribution is -2.22. The number of carbonyl (C=O) groups excluding carboxylic acids is 1. The van der Waals surface area contributed by atoms with Crippen LogP contribution < -0.4 is 11.1 Å². The van der Waals surface area contributed by atoms with Crippen molar-refractivity contribution in [2.75, 3.05) is 16.8 Å². The minimum absolute atomic E-state index is 0.0709. The van der Waals surface area contributed by atoms with Gasteiger partial charge in [0.1, 0.15) is 0 Å². The summed E-state index contributed by atoms with van der Waals surface area (Å²) in [6.07, 6.45) is -0.0709. The normalized spacial score (nSPS) is 12.0. The van der Waals surface area contributed by atoms with Crippen LogP contribution in [0.4, 0.5) is 10.8 Å². The van der Waals surface area contributed by atoms with Crippen LogP contribution in [0.25, 0.3) is 10.2 Å². The number of nitrogen functional groups attached to an aromatic ring is 1. The lowest BCUT2D eigenvalue weighted by molar-refractivity contribution is -0.115. The molecule has 21 heavy (non-hydrogen) atoms. The monoisotopic (exact) mass is 327 g/mol. The number of rotatable bonds is 5. The largest absolute Gasteiger partial charge is 0.399 e. The Hall–Kier alpha value is -1.67. The number of benzene rings is 1. The zero-order chi connectivity index (χ0) is 15.6. The van der Waals surface area contributed by atoms with Gasteiger partial charge in [0.15, 0.2) is 15.0 Å². The summed E-state index contributed by atoms with van der Waals surface area (Å²) < 4.78 is 24.2. The van der Waals surface area contributed by atoms with E-state index in [1.165, 1.54) is 11.3 Å². The molecule has 0 radical (unpaired) electrons. The van der Waals surface area contributed by atoms with Gasteiger partial charge in [-0.25, -0.2) is 13.4 Å². The molecule has 6 nitrogen and oxygen atoms in total. The molecule has 0 aliphatic rings. The Kier molecular flexibility index (Phi) is 4.48. The Morgan fingerprint density at radius 1 is 1.43 bits per heavy atom. The lowest BCUT2D eigenvalue weighted by Gasteiger charge is -2.06. The van der Waals surface area contributed by atoms with Crippen molar-refractivity contribution < 1.29 is 13.2 Å². The van der Waals surface area contributed by atoms with E-state index in [0.717, 1.165) is 10.2 Å². The van der Waals surface area contributed by atoms with Crippen LogP contribution in [-0.4, -0.2) is 30.3 Å². The quantitative estimate of drug-likeness (QED) is 0.818. The molecule has 3 N–H and O–H groups in total. The maximum Gasteiger partial charge on any atom is 0.227 e. The van der Waals surface area contributed by atoms with Gasteiger partial charge < -0.3 is 11.1 Å². The van der Waals surface area contributed by atoms with Crippen molar-refractivity contribution in [3.8, 4) is 0 Å². The average molecular weight is 327 g/mol. The molecule has 1 heterocycles. The zero-order valence-electron chi connectivity index (χ0n) is 11.8. The molecular formula is C13H17N3O3S2. The number of nitrogens with zero attached hydrogens (tertiary/aromatic N) is 1. The first-order chi connectivity index (χ1) is 9.78. The number of anilines is 2. The van der Waals surface area contributed by atoms with Crippen molar-refractivity contribution >= 4 is 48.1 Å². The van der Waals surface area contributed by atoms with Crippen molar-refractivity contribution in [1.29, 1.82) is 0 Å². The number of thiazole rings is 1. The second-order valence-corrected chi connectivity index (χ2v) is 8.67. The zero-order valence-corrected chi connectivity index (χ0v) is 13.4. The number of hydrogen-bond acceptors (Lipinski definition) is 6. The predicted molar refractivity (Wildman–Crippen MR) is 86.2 cm³/mol. The summed E-state index contributed by atoms with van der Waals surface area (Å²) in [6, 6.07) is 5.30. The summed E-state index contributed by atoms with van der Waals surface area (Å²) >= 11 is 1.31. The van der Waals surface area contributed by atoms with E-state index >= 15 is 0 Å². The summed E-state index contributed by atoms with van der Waals surface area (Å²) in [5, 5.41) is 2.60. The van der Waals surface area contributed by atoms with Crippen molar-refractivity contribution in [2.24, 2.45) is 0 Å². The molecule has 0 saturated carbocycles. The molecule has 114 valence electrons. The topological polar surface area (TPSA) is 102 Å². The number of sulfone groups is 1. The summed E-state index contributed by atoms with van der Waals surface area (Å²) in [5.74, 6) is -0.514. The van der Waals surface area contributed by atoms with Crippen molar-refractivity contribution in [3.63, 3.8) is 0 Å². The molecule has 0 unspecified atom stereocenters. The Morgan fingerprint density at radius 2 is 2.14 bits per heavy atom. The highest BCUT2D eigenvalue weighted by atomic mass is 32.2. The fourth-order valence-corrected chi connectivity index (χ4v) is 3.52. The first-order valence-corrected chi connectivity index (χ1v) is 8.98. The highest BCUT2D eigenvalue weighted by molar-refractivity contribution is 7.91. The minimum Gasteiger partial charge on any atom is -0.399 e. The molecule has 2 aromatic rings. The lowest BCUT2D eigenvalue weighted by atomic mass is 10.3. The number of hydrogen-bond donors (Lipinski definition) is 2. The Balaban J connectivity index is 2.01. The van der Waals surface area contributed by atoms with Gasteiger partial charge in [-0.3, -0.25) is 4.79 Å². The fourth-order valence-electron chi connectivity index (χ4n) is 1.65. The fraction of sp³-hybridized carbons (Fsp3) is 0.385. The van der Waals surface area contributed by atoms with E-state index < -0.39 is 15.1 Å². The molecule has 0 fully saturated rings. The van der Waals surface area contributed by atoms with Crippen LogP contribution in [0.1, 0.15) is 20.3 Å². The number of carbonyl (C=O) groups is 1. The van der Waals surface area contributed by atoms with Gasteiger partial charge in [0, 0.05) is 12.1 Å². The number of fused-ring (bicyclic) bond motifs is 1. The van der Waals surface area contributed by atoms with E-state index in [9.17, 15) is 13.2 Å². The molecule has 0 aliphatic carbocycles. The van der Waals surface area contributed by atoms with Crippen LogP contribution in [0, 0.1) is 0 Å². The molecule has 8 heteroatoms. The van der Waals surface area contributed by atoms with Crippen LogP contribution in [0.15, 0.2) is 18.2 Å². The van der Waals surface area contributed by atoms with E-state index in [2.05, 4.69) is 10.3 Å². The second-order valence-electron chi connectivity index (χ2n) is 4.96. The number of amides is 1. The summed E-state index contributed by atoms with van der Waals surface area (Å²) in [6.45, 7) is 3.20. The summed E-state index contributed by atoms with van der Waals surface area (Å²) in [4.78, 5) is 16.0. The number of nitrogens with two attached hydrogens (primary N) is 1. The van der Waals surface area contributed by atoms with E-state index in [1.807, 2.05) is 0 Å². The molecule has 1 aromatic carbocycles. The summed E-state index contributed by atoms with van der Waals surface area (Å²) in [5.41, 5.74) is 7.06. The molecule has 2 rings (SSSR count). The van der Waals surface area contributed by atoms with Gasteiger partial charge in [0.05, 0.1) is 21.2 Å². The van der Waals surface area contributed by atoms with Crippen molar-refractivity contribution in [3.05, 3.63) is 18.2 Å². The van der Waals surface area contributed by atoms with E-state index in [1.54, 1.807) is 32.0 Å². The van der Waals surface area contributed by atoms with Gasteiger partial charge in [0.25, 0.3) is 0 Å². The third-order valence-corrected chi connectivity index (χ3v) is 6.13. The molecule has 1 amide bonds. The van der Waals surface area contributed by atoms with E-state index in [4.69, 9.17) is 5.73 Å². The second kappa shape index (κ2) is 5.98. The third kappa shape index (κ3) is 3.92. The van der Waals surface area contributed by atoms with Crippen LogP contribution in [0.3, 0.4) is 0 Å². The standard InChI is InChI=1S/C13H17N3O3S2/c1-8(2)21(18,19)6-5-12(17)16-13-15-10-4-3-9(14)7-11(10)20-13/h3-4,7-8H,5-6,14H2,1-2H3,(H,15,16,17). The Bertz CT molecular complexity index is 766. The molecule has 1 aromatic heterocycles. The van der Waals surface area contributed by atoms with Crippen LogP contribution >= 0.6 is 11.3 Å². The van der Waals surface area contributed by atoms with Crippen LogP contribution in [0.2, 0.25) is 0 Å². The first-order valence-electron chi connectivity index (χ1n) is 6.45. The highest BCUT2D eigenvalue weighted by Gasteiger charge is 2.18. The maximum absolute atomic E-state index is 11.8. The Morgan fingerprint density at radius 3 is 2.81 bits per heavy atom. The molecule has 0 aliphatic heterocycles. The van der Waals surface area contributed by atoms with Gasteiger partial charge in [-0.2, -0.15) is 0 Å². The number of aromatic nitrogens is 1. The summed E-state index contributed by atoms with van der Waals surface area (Å²) in [7, 11) is -3.21. The predicted octanol–water partition coefficient (Wildman–Crippen LogP) is 2.03. The molecule has 0 spiro atoms. The molecule has 0 atom stereocenters. The smallest absolute Gasteiger partial charge is 0.227 e. The van der Waals surface area contributed by atoms with Gasteiger partial charge in [0.2, 0.25) is 5.91 Å². The highest BCUT2D eigenvalue weighted by Crippen LogP contribution is 2.27. The van der Waals surface area contributed by atoms with Gasteiger partial charge >= 0.3 is 0 Å². The minimum atomic E-state index is -3.21. The SMILES string of the molecule is CC(C)S(=O)(=O)CCC(=O)Nc1nc2ccc(N)cc2s1. The average Bonchev–Trinajstić information content (AvgIpc) is 2.77. The maximum atomic E-state index is 11.8.